The molecular weight excluding hydrogens is 315 g/mol. The Bertz CT molecular complexity index is 385. The molecule has 0 unspecified atom stereocenters. The summed E-state index contributed by atoms with van der Waals surface area (Å²) >= 11 is 3.03. The maximum Gasteiger partial charge on any atom is 0.573 e. The molecule has 1 aromatic carbocycles. The van der Waals surface area contributed by atoms with Gasteiger partial charge in [0.05, 0.1) is 4.47 Å². The third kappa shape index (κ3) is 5.70. The molecule has 0 saturated heterocycles. The molecule has 2 N–H and O–H groups in total. The lowest BCUT2D eigenvalue weighted by atomic mass is 10.2. The third-order valence-electron chi connectivity index (χ3n) is 2.06. The Balaban J connectivity index is 2.56. The van der Waals surface area contributed by atoms with Gasteiger partial charge in [-0.3, -0.25) is 0 Å². The summed E-state index contributed by atoms with van der Waals surface area (Å²) in [6, 6.07) is 4.38. The first-order valence-corrected chi connectivity index (χ1v) is 6.07. The predicted octanol–water partition coefficient (Wildman–Crippen LogP) is 2.82. The van der Waals surface area contributed by atoms with E-state index in [1.807, 2.05) is 0 Å². The number of hydrogen-bond donors (Lipinski definition) is 2. The lowest BCUT2D eigenvalue weighted by Crippen LogP contribution is -2.18. The molecule has 0 bridgehead atoms. The Morgan fingerprint density at radius 3 is 2.61 bits per heavy atom. The van der Waals surface area contributed by atoms with Gasteiger partial charge in [0.1, 0.15) is 5.75 Å². The summed E-state index contributed by atoms with van der Waals surface area (Å²) in [6.07, 6.45) is -4.06. The van der Waals surface area contributed by atoms with Crippen LogP contribution < -0.4 is 10.1 Å². The van der Waals surface area contributed by atoms with Gasteiger partial charge in [-0.05, 0) is 46.6 Å². The maximum absolute atomic E-state index is 12.0. The van der Waals surface area contributed by atoms with Crippen molar-refractivity contribution in [3.63, 3.8) is 0 Å². The van der Waals surface area contributed by atoms with Gasteiger partial charge in [-0.2, -0.15) is 0 Å². The molecule has 0 aliphatic rings. The molecule has 102 valence electrons. The molecule has 18 heavy (non-hydrogen) atoms. The molecule has 0 amide bonds. The van der Waals surface area contributed by atoms with E-state index >= 15 is 0 Å². The minimum Gasteiger partial charge on any atom is -0.405 e. The minimum absolute atomic E-state index is 0.106. The van der Waals surface area contributed by atoms with Gasteiger partial charge in [0.15, 0.2) is 0 Å². The summed E-state index contributed by atoms with van der Waals surface area (Å²) in [4.78, 5) is 0. The number of nitrogens with one attached hydrogen (secondary N) is 1. The highest BCUT2D eigenvalue weighted by atomic mass is 79.9. The fourth-order valence-corrected chi connectivity index (χ4v) is 1.81. The van der Waals surface area contributed by atoms with Crippen molar-refractivity contribution in [3.05, 3.63) is 28.2 Å². The van der Waals surface area contributed by atoms with Crippen LogP contribution in [0.1, 0.15) is 12.0 Å². The van der Waals surface area contributed by atoms with E-state index in [1.54, 1.807) is 12.1 Å². The van der Waals surface area contributed by atoms with Crippen LogP contribution in [0.15, 0.2) is 22.7 Å². The number of hydrogen-bond acceptors (Lipinski definition) is 3. The van der Waals surface area contributed by atoms with Crippen molar-refractivity contribution >= 4 is 15.9 Å². The highest BCUT2D eigenvalue weighted by Gasteiger charge is 2.31. The van der Waals surface area contributed by atoms with Crippen LogP contribution in [-0.4, -0.2) is 24.6 Å². The summed E-state index contributed by atoms with van der Waals surface area (Å²) in [6.45, 7) is 1.27. The number of aliphatic hydroxyl groups is 1. The molecule has 3 nitrogen and oxygen atoms in total. The number of ether oxygens (including phenoxy) is 1. The summed E-state index contributed by atoms with van der Waals surface area (Å²) in [5, 5.41) is 11.6. The summed E-state index contributed by atoms with van der Waals surface area (Å²) in [7, 11) is 0. The van der Waals surface area contributed by atoms with E-state index in [1.165, 1.54) is 6.07 Å². The van der Waals surface area contributed by atoms with Gasteiger partial charge < -0.3 is 15.2 Å². The van der Waals surface area contributed by atoms with Gasteiger partial charge in [-0.15, -0.1) is 13.2 Å². The van der Waals surface area contributed by atoms with Crippen LogP contribution in [0, 0.1) is 0 Å². The zero-order chi connectivity index (χ0) is 13.6. The normalized spacial score (nSPS) is 11.6. The molecule has 0 fully saturated rings. The number of aliphatic hydroxyl groups excluding tert-OH is 1. The molecule has 0 atom stereocenters. The Kier molecular flexibility index (Phi) is 5.90. The Hall–Kier alpha value is -0.790. The minimum atomic E-state index is -4.69. The Morgan fingerprint density at radius 1 is 1.33 bits per heavy atom. The molecule has 1 rings (SSSR count). The van der Waals surface area contributed by atoms with E-state index in [-0.39, 0.29) is 16.8 Å². The van der Waals surface area contributed by atoms with Crippen LogP contribution in [0.2, 0.25) is 0 Å². The second-order valence-corrected chi connectivity index (χ2v) is 4.42. The van der Waals surface area contributed by atoms with Gasteiger partial charge >= 0.3 is 6.36 Å². The third-order valence-corrected chi connectivity index (χ3v) is 2.68. The molecule has 0 heterocycles. The molecule has 0 aliphatic heterocycles. The molecule has 1 aromatic rings. The smallest absolute Gasteiger partial charge is 0.405 e. The second-order valence-electron chi connectivity index (χ2n) is 3.57. The van der Waals surface area contributed by atoms with Crippen molar-refractivity contribution in [2.45, 2.75) is 19.3 Å². The van der Waals surface area contributed by atoms with E-state index in [2.05, 4.69) is 26.0 Å². The summed E-state index contributed by atoms with van der Waals surface area (Å²) in [5.41, 5.74) is 0.828. The zero-order valence-corrected chi connectivity index (χ0v) is 11.0. The van der Waals surface area contributed by atoms with Crippen LogP contribution in [0.25, 0.3) is 0 Å². The van der Waals surface area contributed by atoms with Crippen LogP contribution in [0.5, 0.6) is 5.75 Å². The average Bonchev–Trinajstić information content (AvgIpc) is 2.26. The van der Waals surface area contributed by atoms with Crippen LogP contribution in [0.4, 0.5) is 13.2 Å². The monoisotopic (exact) mass is 327 g/mol. The number of alkyl halides is 3. The van der Waals surface area contributed by atoms with Crippen LogP contribution >= 0.6 is 15.9 Å². The van der Waals surface area contributed by atoms with E-state index in [9.17, 15) is 13.2 Å². The van der Waals surface area contributed by atoms with Crippen molar-refractivity contribution in [1.29, 1.82) is 0 Å². The predicted molar refractivity (Wildman–Crippen MR) is 64.2 cm³/mol. The molecule has 0 aromatic heterocycles. The summed E-state index contributed by atoms with van der Waals surface area (Å²) < 4.78 is 40.2. The molecule has 0 saturated carbocycles. The molecule has 0 spiro atoms. The molecule has 0 radical (unpaired) electrons. The molecular formula is C11H13BrF3NO2. The van der Waals surface area contributed by atoms with Crippen LogP contribution in [0.3, 0.4) is 0 Å². The molecule has 0 aliphatic carbocycles. The largest absolute Gasteiger partial charge is 0.573 e. The SMILES string of the molecule is OCCCNCc1ccc(OC(F)(F)F)c(Br)c1. The highest BCUT2D eigenvalue weighted by Crippen LogP contribution is 2.30. The lowest BCUT2D eigenvalue weighted by molar-refractivity contribution is -0.274. The summed E-state index contributed by atoms with van der Waals surface area (Å²) in [5.74, 6) is -0.262. The van der Waals surface area contributed by atoms with Crippen molar-refractivity contribution in [2.24, 2.45) is 0 Å². The molecule has 7 heteroatoms. The first kappa shape index (κ1) is 15.3. The highest BCUT2D eigenvalue weighted by molar-refractivity contribution is 9.10. The van der Waals surface area contributed by atoms with Gasteiger partial charge in [0.2, 0.25) is 0 Å². The van der Waals surface area contributed by atoms with E-state index in [0.29, 0.717) is 19.5 Å². The Morgan fingerprint density at radius 2 is 2.06 bits per heavy atom. The fourth-order valence-electron chi connectivity index (χ4n) is 1.30. The number of benzene rings is 1. The standard InChI is InChI=1S/C11H13BrF3NO2/c12-9-6-8(7-16-4-1-5-17)2-3-10(9)18-11(13,14)15/h2-3,6,16-17H,1,4-5,7H2. The second kappa shape index (κ2) is 6.96. The van der Waals surface area contributed by atoms with Crippen molar-refractivity contribution in [2.75, 3.05) is 13.2 Å². The topological polar surface area (TPSA) is 41.5 Å². The van der Waals surface area contributed by atoms with E-state index in [0.717, 1.165) is 5.56 Å². The van der Waals surface area contributed by atoms with Gasteiger partial charge in [0.25, 0.3) is 0 Å². The average molecular weight is 328 g/mol. The first-order valence-electron chi connectivity index (χ1n) is 5.28. The van der Waals surface area contributed by atoms with Crippen molar-refractivity contribution in [1.82, 2.24) is 5.32 Å². The quantitative estimate of drug-likeness (QED) is 0.789. The van der Waals surface area contributed by atoms with Crippen LogP contribution in [-0.2, 0) is 6.54 Å². The van der Waals surface area contributed by atoms with E-state index < -0.39 is 6.36 Å². The van der Waals surface area contributed by atoms with Gasteiger partial charge in [-0.25, -0.2) is 0 Å². The van der Waals surface area contributed by atoms with Gasteiger partial charge in [0, 0.05) is 13.2 Å². The fraction of sp³-hybridized carbons (Fsp3) is 0.455. The van der Waals surface area contributed by atoms with E-state index in [4.69, 9.17) is 5.11 Å². The lowest BCUT2D eigenvalue weighted by Gasteiger charge is -2.11. The zero-order valence-electron chi connectivity index (χ0n) is 9.43. The maximum atomic E-state index is 12.0. The number of halogens is 4. The van der Waals surface area contributed by atoms with Crippen molar-refractivity contribution < 1.29 is 23.0 Å². The van der Waals surface area contributed by atoms with Crippen molar-refractivity contribution in [3.8, 4) is 5.75 Å². The number of rotatable bonds is 6. The van der Waals surface area contributed by atoms with Gasteiger partial charge in [-0.1, -0.05) is 6.07 Å². The Labute approximate surface area is 111 Å². The first-order chi connectivity index (χ1) is 8.42.